The number of benzene rings is 2. The highest BCUT2D eigenvalue weighted by Crippen LogP contribution is 2.36. The highest BCUT2D eigenvalue weighted by Gasteiger charge is 2.14. The summed E-state index contributed by atoms with van der Waals surface area (Å²) in [4.78, 5) is 12.1. The van der Waals surface area contributed by atoms with Crippen LogP contribution in [0.25, 0.3) is 0 Å². The first-order valence-corrected chi connectivity index (χ1v) is 7.32. The standard InChI is InChI=1S/C13H8BrCl3N2O/c14-8-3-4-10(12(17)11(8)16)19-13(20)7-2-1-6(15)5-9(7)18/h1-5H,18H2,(H,19,20). The quantitative estimate of drug-likeness (QED) is 0.540. The number of halogens is 4. The molecule has 3 nitrogen and oxygen atoms in total. The second-order valence-electron chi connectivity index (χ2n) is 3.91. The summed E-state index contributed by atoms with van der Waals surface area (Å²) in [5, 5.41) is 3.70. The molecule has 2 aromatic carbocycles. The van der Waals surface area contributed by atoms with Gasteiger partial charge in [0.15, 0.2) is 0 Å². The Labute approximate surface area is 139 Å². The van der Waals surface area contributed by atoms with Gasteiger partial charge < -0.3 is 11.1 Å². The molecule has 2 aromatic rings. The molecule has 0 saturated carbocycles. The third-order valence-corrected chi connectivity index (χ3v) is 4.55. The van der Waals surface area contributed by atoms with Crippen molar-refractivity contribution in [2.45, 2.75) is 0 Å². The Morgan fingerprint density at radius 3 is 2.45 bits per heavy atom. The van der Waals surface area contributed by atoms with Crippen LogP contribution < -0.4 is 11.1 Å². The molecule has 0 atom stereocenters. The molecular weight excluding hydrogens is 386 g/mol. The first-order valence-electron chi connectivity index (χ1n) is 5.40. The van der Waals surface area contributed by atoms with Gasteiger partial charge in [0.05, 0.1) is 21.3 Å². The van der Waals surface area contributed by atoms with Crippen molar-refractivity contribution in [3.05, 3.63) is 55.4 Å². The zero-order valence-electron chi connectivity index (χ0n) is 9.88. The summed E-state index contributed by atoms with van der Waals surface area (Å²) in [5.74, 6) is -0.389. The summed E-state index contributed by atoms with van der Waals surface area (Å²) in [6.07, 6.45) is 0. The first kappa shape index (κ1) is 15.4. The van der Waals surface area contributed by atoms with E-state index in [0.29, 0.717) is 25.8 Å². The minimum Gasteiger partial charge on any atom is -0.398 e. The maximum absolute atomic E-state index is 12.1. The monoisotopic (exact) mass is 392 g/mol. The summed E-state index contributed by atoms with van der Waals surface area (Å²) in [6, 6.07) is 7.97. The van der Waals surface area contributed by atoms with Crippen LogP contribution in [0.3, 0.4) is 0 Å². The molecule has 0 spiro atoms. The highest BCUT2D eigenvalue weighted by molar-refractivity contribution is 9.10. The van der Waals surface area contributed by atoms with Crippen LogP contribution in [-0.2, 0) is 0 Å². The number of nitrogen functional groups attached to an aromatic ring is 1. The van der Waals surface area contributed by atoms with Crippen LogP contribution in [0.15, 0.2) is 34.8 Å². The zero-order valence-corrected chi connectivity index (χ0v) is 13.7. The minimum atomic E-state index is -0.389. The van der Waals surface area contributed by atoms with E-state index in [0.717, 1.165) is 0 Å². The van der Waals surface area contributed by atoms with Gasteiger partial charge in [0.1, 0.15) is 0 Å². The fourth-order valence-electron chi connectivity index (χ4n) is 1.55. The van der Waals surface area contributed by atoms with Gasteiger partial charge in [-0.2, -0.15) is 0 Å². The lowest BCUT2D eigenvalue weighted by molar-refractivity contribution is 0.102. The molecule has 1 amide bonds. The molecule has 0 unspecified atom stereocenters. The molecule has 104 valence electrons. The SMILES string of the molecule is Nc1cc(Cl)ccc1C(=O)Nc1ccc(Br)c(Cl)c1Cl. The Balaban J connectivity index is 2.30. The lowest BCUT2D eigenvalue weighted by Gasteiger charge is -2.10. The van der Waals surface area contributed by atoms with Gasteiger partial charge in [0.2, 0.25) is 0 Å². The molecule has 20 heavy (non-hydrogen) atoms. The summed E-state index contributed by atoms with van der Waals surface area (Å²) in [7, 11) is 0. The number of anilines is 2. The molecule has 0 aromatic heterocycles. The van der Waals surface area contributed by atoms with Crippen molar-refractivity contribution in [1.82, 2.24) is 0 Å². The van der Waals surface area contributed by atoms with Crippen LogP contribution in [-0.4, -0.2) is 5.91 Å². The van der Waals surface area contributed by atoms with Crippen LogP contribution in [0.1, 0.15) is 10.4 Å². The van der Waals surface area contributed by atoms with E-state index >= 15 is 0 Å². The number of rotatable bonds is 2. The van der Waals surface area contributed by atoms with E-state index in [9.17, 15) is 4.79 Å². The van der Waals surface area contributed by atoms with E-state index < -0.39 is 0 Å². The molecular formula is C13H8BrCl3N2O. The topological polar surface area (TPSA) is 55.1 Å². The van der Waals surface area contributed by atoms with Crippen LogP contribution >= 0.6 is 50.7 Å². The summed E-state index contributed by atoms with van der Waals surface area (Å²) in [6.45, 7) is 0. The van der Waals surface area contributed by atoms with E-state index in [1.54, 1.807) is 24.3 Å². The second kappa shape index (κ2) is 6.22. The molecule has 0 aliphatic rings. The Morgan fingerprint density at radius 2 is 1.80 bits per heavy atom. The van der Waals surface area contributed by atoms with E-state index in [2.05, 4.69) is 21.2 Å². The van der Waals surface area contributed by atoms with Crippen molar-refractivity contribution in [3.63, 3.8) is 0 Å². The molecule has 2 rings (SSSR count). The van der Waals surface area contributed by atoms with Gasteiger partial charge in [-0.25, -0.2) is 0 Å². The van der Waals surface area contributed by atoms with Crippen molar-refractivity contribution in [2.75, 3.05) is 11.1 Å². The Morgan fingerprint density at radius 1 is 1.10 bits per heavy atom. The highest BCUT2D eigenvalue weighted by atomic mass is 79.9. The molecule has 0 aliphatic carbocycles. The van der Waals surface area contributed by atoms with Gasteiger partial charge in [-0.3, -0.25) is 4.79 Å². The van der Waals surface area contributed by atoms with Crippen molar-refractivity contribution in [1.29, 1.82) is 0 Å². The van der Waals surface area contributed by atoms with E-state index in [4.69, 9.17) is 40.5 Å². The molecule has 3 N–H and O–H groups in total. The molecule has 0 heterocycles. The lowest BCUT2D eigenvalue weighted by Crippen LogP contribution is -2.14. The lowest BCUT2D eigenvalue weighted by atomic mass is 10.1. The second-order valence-corrected chi connectivity index (χ2v) is 5.96. The third kappa shape index (κ3) is 3.20. The predicted octanol–water partition coefficient (Wildman–Crippen LogP) is 5.24. The average molecular weight is 394 g/mol. The summed E-state index contributed by atoms with van der Waals surface area (Å²) < 4.78 is 0.646. The van der Waals surface area contributed by atoms with Crippen LogP contribution in [0.2, 0.25) is 15.1 Å². The third-order valence-electron chi connectivity index (χ3n) is 2.54. The summed E-state index contributed by atoms with van der Waals surface area (Å²) >= 11 is 21.1. The molecule has 0 bridgehead atoms. The number of hydrogen-bond donors (Lipinski definition) is 2. The van der Waals surface area contributed by atoms with Crippen LogP contribution in [0, 0.1) is 0 Å². The number of carbonyl (C=O) groups is 1. The molecule has 7 heteroatoms. The first-order chi connectivity index (χ1) is 9.40. The Bertz CT molecular complexity index is 692. The van der Waals surface area contributed by atoms with Crippen LogP contribution in [0.5, 0.6) is 0 Å². The Kier molecular flexibility index (Phi) is 4.81. The average Bonchev–Trinajstić information content (AvgIpc) is 2.39. The number of hydrogen-bond acceptors (Lipinski definition) is 2. The number of carbonyl (C=O) groups excluding carboxylic acids is 1. The maximum Gasteiger partial charge on any atom is 0.257 e. The fraction of sp³-hybridized carbons (Fsp3) is 0. The summed E-state index contributed by atoms with van der Waals surface area (Å²) in [5.41, 5.74) is 6.75. The van der Waals surface area contributed by atoms with Gasteiger partial charge in [-0.15, -0.1) is 0 Å². The van der Waals surface area contributed by atoms with E-state index in [1.165, 1.54) is 6.07 Å². The fourth-order valence-corrected chi connectivity index (χ4v) is 2.55. The van der Waals surface area contributed by atoms with Gasteiger partial charge in [0, 0.05) is 15.2 Å². The molecule has 0 saturated heterocycles. The molecule has 0 radical (unpaired) electrons. The van der Waals surface area contributed by atoms with Crippen molar-refractivity contribution in [3.8, 4) is 0 Å². The predicted molar refractivity (Wildman–Crippen MR) is 88.0 cm³/mol. The smallest absolute Gasteiger partial charge is 0.257 e. The largest absolute Gasteiger partial charge is 0.398 e. The normalized spacial score (nSPS) is 10.4. The number of nitrogens with two attached hydrogens (primary N) is 1. The Hall–Kier alpha value is -0.940. The van der Waals surface area contributed by atoms with Gasteiger partial charge in [-0.1, -0.05) is 34.8 Å². The van der Waals surface area contributed by atoms with Crippen molar-refractivity contribution < 1.29 is 4.79 Å². The van der Waals surface area contributed by atoms with Crippen molar-refractivity contribution in [2.24, 2.45) is 0 Å². The van der Waals surface area contributed by atoms with E-state index in [1.807, 2.05) is 0 Å². The van der Waals surface area contributed by atoms with Gasteiger partial charge >= 0.3 is 0 Å². The number of amides is 1. The van der Waals surface area contributed by atoms with Crippen LogP contribution in [0.4, 0.5) is 11.4 Å². The molecule has 0 aliphatic heterocycles. The van der Waals surface area contributed by atoms with Crippen molar-refractivity contribution >= 4 is 68.0 Å². The number of nitrogens with one attached hydrogen (secondary N) is 1. The zero-order chi connectivity index (χ0) is 14.9. The van der Waals surface area contributed by atoms with E-state index in [-0.39, 0.29) is 16.6 Å². The maximum atomic E-state index is 12.1. The van der Waals surface area contributed by atoms with Gasteiger partial charge in [-0.05, 0) is 46.3 Å². The minimum absolute atomic E-state index is 0.252. The molecule has 0 fully saturated rings. The van der Waals surface area contributed by atoms with Gasteiger partial charge in [0.25, 0.3) is 5.91 Å².